The highest BCUT2D eigenvalue weighted by molar-refractivity contribution is 6.31. The van der Waals surface area contributed by atoms with E-state index in [2.05, 4.69) is 29.4 Å². The Morgan fingerprint density at radius 2 is 2.00 bits per heavy atom. The molecule has 1 aromatic carbocycles. The van der Waals surface area contributed by atoms with Crippen molar-refractivity contribution in [3.8, 4) is 11.4 Å². The van der Waals surface area contributed by atoms with Gasteiger partial charge in [-0.2, -0.15) is 0 Å². The molecule has 1 aromatic heterocycles. The van der Waals surface area contributed by atoms with Crippen LogP contribution in [0.15, 0.2) is 18.2 Å². The lowest BCUT2D eigenvalue weighted by Crippen LogP contribution is -2.10. The molecule has 5 nitrogen and oxygen atoms in total. The van der Waals surface area contributed by atoms with Crippen LogP contribution < -0.4 is 5.73 Å². The van der Waals surface area contributed by atoms with Gasteiger partial charge in [0.25, 0.3) is 0 Å². The van der Waals surface area contributed by atoms with Gasteiger partial charge in [-0.15, -0.1) is 5.10 Å². The molecule has 2 N–H and O–H groups in total. The second-order valence-electron chi connectivity index (χ2n) is 4.19. The van der Waals surface area contributed by atoms with E-state index in [0.29, 0.717) is 16.5 Å². The van der Waals surface area contributed by atoms with E-state index in [1.54, 1.807) is 6.07 Å². The number of benzene rings is 1. The summed E-state index contributed by atoms with van der Waals surface area (Å²) in [6.07, 6.45) is 1.95. The number of tetrazole rings is 1. The third-order valence-electron chi connectivity index (χ3n) is 2.96. The van der Waals surface area contributed by atoms with E-state index in [-0.39, 0.29) is 6.04 Å². The van der Waals surface area contributed by atoms with Crippen LogP contribution in [0.2, 0.25) is 5.02 Å². The van der Waals surface area contributed by atoms with Crippen molar-refractivity contribution in [1.82, 2.24) is 20.2 Å². The zero-order chi connectivity index (χ0) is 13.1. The highest BCUT2D eigenvalue weighted by Crippen LogP contribution is 2.27. The first-order chi connectivity index (χ1) is 8.65. The van der Waals surface area contributed by atoms with Crippen molar-refractivity contribution in [3.05, 3.63) is 23.2 Å². The minimum Gasteiger partial charge on any atom is -0.399 e. The van der Waals surface area contributed by atoms with E-state index < -0.39 is 0 Å². The average molecular weight is 266 g/mol. The zero-order valence-electron chi connectivity index (χ0n) is 10.5. The maximum absolute atomic E-state index is 6.01. The molecule has 0 saturated carbocycles. The quantitative estimate of drug-likeness (QED) is 0.863. The summed E-state index contributed by atoms with van der Waals surface area (Å²) in [7, 11) is 0. The van der Waals surface area contributed by atoms with Gasteiger partial charge in [-0.05, 0) is 41.5 Å². The van der Waals surface area contributed by atoms with Crippen LogP contribution in [-0.2, 0) is 0 Å². The topological polar surface area (TPSA) is 69.6 Å². The first kappa shape index (κ1) is 12.8. The van der Waals surface area contributed by atoms with Gasteiger partial charge in [-0.3, -0.25) is 0 Å². The fourth-order valence-corrected chi connectivity index (χ4v) is 2.25. The van der Waals surface area contributed by atoms with Crippen molar-refractivity contribution in [1.29, 1.82) is 0 Å². The van der Waals surface area contributed by atoms with Crippen molar-refractivity contribution >= 4 is 17.3 Å². The Morgan fingerprint density at radius 1 is 1.28 bits per heavy atom. The predicted molar refractivity (Wildman–Crippen MR) is 72.3 cm³/mol. The van der Waals surface area contributed by atoms with Crippen molar-refractivity contribution in [2.45, 2.75) is 32.7 Å². The molecule has 0 fully saturated rings. The summed E-state index contributed by atoms with van der Waals surface area (Å²) >= 11 is 6.01. The Hall–Kier alpha value is -1.62. The fraction of sp³-hybridized carbons (Fsp3) is 0.417. The number of hydrogen-bond donors (Lipinski definition) is 1. The minimum absolute atomic E-state index is 0.287. The molecule has 0 unspecified atom stereocenters. The Kier molecular flexibility index (Phi) is 3.81. The zero-order valence-corrected chi connectivity index (χ0v) is 11.2. The lowest BCUT2D eigenvalue weighted by Gasteiger charge is -2.14. The Morgan fingerprint density at radius 3 is 2.61 bits per heavy atom. The normalized spacial score (nSPS) is 11.1. The third kappa shape index (κ3) is 2.46. The standard InChI is InChI=1S/C12H16ClN5/c1-3-11(4-2)18-12(15-16-17-18)8-5-9(13)7-10(14)6-8/h5-7,11H,3-4,14H2,1-2H3. The molecule has 0 aliphatic rings. The average Bonchev–Trinajstić information content (AvgIpc) is 2.78. The van der Waals surface area contributed by atoms with Crippen molar-refractivity contribution in [2.75, 3.05) is 5.73 Å². The van der Waals surface area contributed by atoms with Crippen LogP contribution in [0.4, 0.5) is 5.69 Å². The van der Waals surface area contributed by atoms with Gasteiger partial charge in [0.15, 0.2) is 5.82 Å². The monoisotopic (exact) mass is 265 g/mol. The number of halogens is 1. The Bertz CT molecular complexity index is 513. The summed E-state index contributed by atoms with van der Waals surface area (Å²) < 4.78 is 1.84. The lowest BCUT2D eigenvalue weighted by atomic mass is 10.1. The smallest absolute Gasteiger partial charge is 0.182 e. The second kappa shape index (κ2) is 5.35. The van der Waals surface area contributed by atoms with Gasteiger partial charge < -0.3 is 5.73 Å². The van der Waals surface area contributed by atoms with Crippen LogP contribution in [-0.4, -0.2) is 20.2 Å². The highest BCUT2D eigenvalue weighted by atomic mass is 35.5. The van der Waals surface area contributed by atoms with Gasteiger partial charge in [0, 0.05) is 16.3 Å². The second-order valence-corrected chi connectivity index (χ2v) is 4.63. The third-order valence-corrected chi connectivity index (χ3v) is 3.18. The Balaban J connectivity index is 2.48. The molecule has 0 aliphatic carbocycles. The molecule has 0 amide bonds. The summed E-state index contributed by atoms with van der Waals surface area (Å²) in [4.78, 5) is 0. The molecular weight excluding hydrogens is 250 g/mol. The van der Waals surface area contributed by atoms with E-state index in [1.807, 2.05) is 16.8 Å². The number of nitrogens with two attached hydrogens (primary N) is 1. The molecule has 0 atom stereocenters. The first-order valence-electron chi connectivity index (χ1n) is 6.00. The lowest BCUT2D eigenvalue weighted by molar-refractivity contribution is 0.422. The van der Waals surface area contributed by atoms with E-state index in [0.717, 1.165) is 18.4 Å². The largest absolute Gasteiger partial charge is 0.399 e. The van der Waals surface area contributed by atoms with Gasteiger partial charge in [0.1, 0.15) is 0 Å². The van der Waals surface area contributed by atoms with Gasteiger partial charge in [0.05, 0.1) is 6.04 Å². The van der Waals surface area contributed by atoms with Crippen LogP contribution >= 0.6 is 11.6 Å². The number of rotatable bonds is 4. The predicted octanol–water partition coefficient (Wildman–Crippen LogP) is 2.94. The van der Waals surface area contributed by atoms with E-state index >= 15 is 0 Å². The summed E-state index contributed by atoms with van der Waals surface area (Å²) in [5.41, 5.74) is 7.25. The van der Waals surface area contributed by atoms with Crippen molar-refractivity contribution in [2.24, 2.45) is 0 Å². The molecule has 0 spiro atoms. The molecule has 0 radical (unpaired) electrons. The molecule has 0 saturated heterocycles. The molecule has 0 aliphatic heterocycles. The molecule has 96 valence electrons. The molecule has 2 aromatic rings. The Labute approximate surface area is 111 Å². The summed E-state index contributed by atoms with van der Waals surface area (Å²) in [5.74, 6) is 0.706. The number of nitrogen functional groups attached to an aromatic ring is 1. The van der Waals surface area contributed by atoms with Crippen LogP contribution in [0.1, 0.15) is 32.7 Å². The maximum atomic E-state index is 6.01. The summed E-state index contributed by atoms with van der Waals surface area (Å²) in [6.45, 7) is 4.23. The number of anilines is 1. The van der Waals surface area contributed by atoms with E-state index in [9.17, 15) is 0 Å². The van der Waals surface area contributed by atoms with Gasteiger partial charge in [-0.25, -0.2) is 4.68 Å². The van der Waals surface area contributed by atoms with Crippen LogP contribution in [0, 0.1) is 0 Å². The van der Waals surface area contributed by atoms with E-state index in [1.165, 1.54) is 0 Å². The van der Waals surface area contributed by atoms with Crippen LogP contribution in [0.5, 0.6) is 0 Å². The number of nitrogens with zero attached hydrogens (tertiary/aromatic N) is 4. The summed E-state index contributed by atoms with van der Waals surface area (Å²) in [5, 5.41) is 12.5. The van der Waals surface area contributed by atoms with Gasteiger partial charge >= 0.3 is 0 Å². The molecule has 6 heteroatoms. The molecule has 0 bridgehead atoms. The highest BCUT2D eigenvalue weighted by Gasteiger charge is 2.16. The minimum atomic E-state index is 0.287. The SMILES string of the molecule is CCC(CC)n1nnnc1-c1cc(N)cc(Cl)c1. The number of hydrogen-bond acceptors (Lipinski definition) is 4. The van der Waals surface area contributed by atoms with E-state index in [4.69, 9.17) is 17.3 Å². The summed E-state index contributed by atoms with van der Waals surface area (Å²) in [6, 6.07) is 5.64. The van der Waals surface area contributed by atoms with Crippen molar-refractivity contribution in [3.63, 3.8) is 0 Å². The molecular formula is C12H16ClN5. The number of aromatic nitrogens is 4. The van der Waals surface area contributed by atoms with Crippen molar-refractivity contribution < 1.29 is 0 Å². The van der Waals surface area contributed by atoms with Gasteiger partial charge in [0.2, 0.25) is 0 Å². The maximum Gasteiger partial charge on any atom is 0.182 e. The first-order valence-corrected chi connectivity index (χ1v) is 6.37. The molecule has 2 rings (SSSR count). The molecule has 18 heavy (non-hydrogen) atoms. The fourth-order valence-electron chi connectivity index (χ4n) is 2.01. The molecule has 1 heterocycles. The van der Waals surface area contributed by atoms with Crippen LogP contribution in [0.3, 0.4) is 0 Å². The van der Waals surface area contributed by atoms with Crippen LogP contribution in [0.25, 0.3) is 11.4 Å². The van der Waals surface area contributed by atoms with Gasteiger partial charge in [-0.1, -0.05) is 25.4 Å².